The number of nitrogens with one attached hydrogen (secondary N) is 2. The summed E-state index contributed by atoms with van der Waals surface area (Å²) in [5.41, 5.74) is 6.94. The molecule has 0 unspecified atom stereocenters. The van der Waals surface area contributed by atoms with E-state index in [2.05, 4.69) is 20.6 Å². The second kappa shape index (κ2) is 6.26. The van der Waals surface area contributed by atoms with Gasteiger partial charge in [-0.3, -0.25) is 4.79 Å². The molecule has 4 rings (SSSR count). The number of fused-ring (bicyclic) bond motifs is 2. The van der Waals surface area contributed by atoms with Crippen molar-refractivity contribution in [2.24, 2.45) is 0 Å². The SMILES string of the molecule is COc1c(N)ncnc1Nc1cc(C)c2c([n+]1[O-])C1(CCCCC1)NC2=O. The van der Waals surface area contributed by atoms with E-state index in [9.17, 15) is 10.0 Å². The fraction of sp³-hybridized carbons (Fsp3) is 0.444. The maximum absolute atomic E-state index is 13.3. The van der Waals surface area contributed by atoms with Crippen LogP contribution in [0.5, 0.6) is 5.75 Å². The Morgan fingerprint density at radius 3 is 2.78 bits per heavy atom. The molecule has 1 amide bonds. The van der Waals surface area contributed by atoms with E-state index in [1.54, 1.807) is 6.07 Å². The first-order valence-electron chi connectivity index (χ1n) is 8.98. The minimum Gasteiger partial charge on any atom is -0.710 e. The highest BCUT2D eigenvalue weighted by Gasteiger charge is 2.48. The molecule has 4 N–H and O–H groups in total. The molecule has 1 aliphatic heterocycles. The predicted molar refractivity (Wildman–Crippen MR) is 98.6 cm³/mol. The van der Waals surface area contributed by atoms with Gasteiger partial charge in [-0.05, 0) is 25.3 Å². The number of methoxy groups -OCH3 is 1. The molecule has 0 saturated heterocycles. The molecule has 0 bridgehead atoms. The van der Waals surface area contributed by atoms with Crippen LogP contribution in [0, 0.1) is 12.1 Å². The van der Waals surface area contributed by atoms with Crippen LogP contribution in [0.25, 0.3) is 0 Å². The Hall–Kier alpha value is -3.10. The Morgan fingerprint density at radius 2 is 2.07 bits per heavy atom. The molecule has 27 heavy (non-hydrogen) atoms. The number of nitrogens with zero attached hydrogens (tertiary/aromatic N) is 3. The van der Waals surface area contributed by atoms with Crippen LogP contribution in [0.2, 0.25) is 0 Å². The van der Waals surface area contributed by atoms with Gasteiger partial charge in [0.05, 0.1) is 12.7 Å². The van der Waals surface area contributed by atoms with Crippen molar-refractivity contribution < 1.29 is 14.3 Å². The highest BCUT2D eigenvalue weighted by molar-refractivity contribution is 6.00. The molecule has 0 atom stereocenters. The molecule has 0 radical (unpaired) electrons. The normalized spacial score (nSPS) is 17.5. The second-order valence-electron chi connectivity index (χ2n) is 7.09. The number of amides is 1. The first-order valence-corrected chi connectivity index (χ1v) is 8.98. The van der Waals surface area contributed by atoms with E-state index < -0.39 is 5.54 Å². The van der Waals surface area contributed by atoms with Crippen molar-refractivity contribution in [2.75, 3.05) is 18.2 Å². The van der Waals surface area contributed by atoms with Gasteiger partial charge in [-0.2, -0.15) is 4.98 Å². The highest BCUT2D eigenvalue weighted by atomic mass is 16.5. The van der Waals surface area contributed by atoms with Crippen LogP contribution in [-0.2, 0) is 5.54 Å². The number of aromatic nitrogens is 3. The van der Waals surface area contributed by atoms with Crippen molar-refractivity contribution in [3.05, 3.63) is 34.4 Å². The molecule has 1 aliphatic carbocycles. The van der Waals surface area contributed by atoms with E-state index in [0.29, 0.717) is 17.1 Å². The van der Waals surface area contributed by atoms with E-state index in [4.69, 9.17) is 10.5 Å². The molecule has 1 fully saturated rings. The molecule has 9 heteroatoms. The number of carbonyl (C=O) groups is 1. The van der Waals surface area contributed by atoms with Crippen molar-refractivity contribution in [2.45, 2.75) is 44.6 Å². The van der Waals surface area contributed by atoms with Crippen molar-refractivity contribution in [3.8, 4) is 5.75 Å². The van der Waals surface area contributed by atoms with Crippen LogP contribution in [0.1, 0.15) is 53.7 Å². The quantitative estimate of drug-likeness (QED) is 0.553. The Balaban J connectivity index is 1.83. The molecule has 142 valence electrons. The zero-order valence-corrected chi connectivity index (χ0v) is 15.3. The van der Waals surface area contributed by atoms with E-state index >= 15 is 0 Å². The number of hydrogen-bond donors (Lipinski definition) is 3. The van der Waals surface area contributed by atoms with Gasteiger partial charge in [0.2, 0.25) is 5.75 Å². The number of rotatable bonds is 3. The third-order valence-corrected chi connectivity index (χ3v) is 5.43. The van der Waals surface area contributed by atoms with Crippen LogP contribution in [0.3, 0.4) is 0 Å². The monoisotopic (exact) mass is 370 g/mol. The summed E-state index contributed by atoms with van der Waals surface area (Å²) in [5, 5.41) is 19.3. The van der Waals surface area contributed by atoms with Gasteiger partial charge in [-0.1, -0.05) is 19.3 Å². The summed E-state index contributed by atoms with van der Waals surface area (Å²) < 4.78 is 6.06. The van der Waals surface area contributed by atoms with Crippen molar-refractivity contribution in [3.63, 3.8) is 0 Å². The van der Waals surface area contributed by atoms with Crippen molar-refractivity contribution in [1.82, 2.24) is 15.3 Å². The van der Waals surface area contributed by atoms with Crippen LogP contribution >= 0.6 is 0 Å². The summed E-state index contributed by atoms with van der Waals surface area (Å²) >= 11 is 0. The first-order chi connectivity index (χ1) is 13.0. The molecule has 1 spiro atoms. The van der Waals surface area contributed by atoms with E-state index in [-0.39, 0.29) is 23.3 Å². The fourth-order valence-corrected chi connectivity index (χ4v) is 4.21. The summed E-state index contributed by atoms with van der Waals surface area (Å²) in [6.07, 6.45) is 5.89. The van der Waals surface area contributed by atoms with Gasteiger partial charge in [-0.15, -0.1) is 0 Å². The zero-order valence-electron chi connectivity index (χ0n) is 15.3. The minimum atomic E-state index is -0.594. The van der Waals surface area contributed by atoms with Crippen LogP contribution in [-0.4, -0.2) is 23.0 Å². The van der Waals surface area contributed by atoms with Gasteiger partial charge in [0.1, 0.15) is 17.6 Å². The summed E-state index contributed by atoms with van der Waals surface area (Å²) in [6, 6.07) is 1.64. The summed E-state index contributed by atoms with van der Waals surface area (Å²) in [6.45, 7) is 1.83. The van der Waals surface area contributed by atoms with Crippen molar-refractivity contribution in [1.29, 1.82) is 0 Å². The Bertz CT molecular complexity index is 924. The summed E-state index contributed by atoms with van der Waals surface area (Å²) in [4.78, 5) is 20.6. The lowest BCUT2D eigenvalue weighted by molar-refractivity contribution is -0.603. The van der Waals surface area contributed by atoms with Gasteiger partial charge >= 0.3 is 0 Å². The maximum atomic E-state index is 13.3. The molecule has 9 nitrogen and oxygen atoms in total. The Labute approximate surface area is 156 Å². The van der Waals surface area contributed by atoms with Gasteiger partial charge in [0, 0.05) is 6.07 Å². The molecule has 1 saturated carbocycles. The summed E-state index contributed by atoms with van der Waals surface area (Å²) in [7, 11) is 1.46. The number of ether oxygens (including phenoxy) is 1. The molecule has 0 aromatic carbocycles. The minimum absolute atomic E-state index is 0.172. The van der Waals surface area contributed by atoms with Crippen LogP contribution < -0.4 is 25.8 Å². The average Bonchev–Trinajstić information content (AvgIpc) is 2.92. The van der Waals surface area contributed by atoms with Gasteiger partial charge in [-0.25, -0.2) is 15.0 Å². The number of hydrogen-bond acceptors (Lipinski definition) is 7. The fourth-order valence-electron chi connectivity index (χ4n) is 4.21. The number of carbonyl (C=O) groups excluding carboxylic acids is 1. The lowest BCUT2D eigenvalue weighted by atomic mass is 9.79. The number of aryl methyl sites for hydroxylation is 1. The Morgan fingerprint density at radius 1 is 1.33 bits per heavy atom. The van der Waals surface area contributed by atoms with Crippen LogP contribution in [0.15, 0.2) is 12.4 Å². The number of nitrogens with two attached hydrogens (primary N) is 1. The molecular weight excluding hydrogens is 348 g/mol. The van der Waals surface area contributed by atoms with Gasteiger partial charge < -0.3 is 21.0 Å². The largest absolute Gasteiger partial charge is 0.710 e. The zero-order chi connectivity index (χ0) is 19.2. The van der Waals surface area contributed by atoms with E-state index in [1.165, 1.54) is 13.4 Å². The summed E-state index contributed by atoms with van der Waals surface area (Å²) in [5.74, 6) is 0.820. The van der Waals surface area contributed by atoms with Gasteiger partial charge in [0.25, 0.3) is 17.5 Å². The topological polar surface area (TPSA) is 129 Å². The molecule has 2 aromatic heterocycles. The van der Waals surface area contributed by atoms with E-state index in [1.807, 2.05) is 6.92 Å². The lowest BCUT2D eigenvalue weighted by Crippen LogP contribution is -2.49. The molecule has 2 aliphatic rings. The lowest BCUT2D eigenvalue weighted by Gasteiger charge is -2.34. The Kier molecular flexibility index (Phi) is 4.01. The third-order valence-electron chi connectivity index (χ3n) is 5.43. The van der Waals surface area contributed by atoms with Crippen molar-refractivity contribution >= 4 is 23.4 Å². The maximum Gasteiger partial charge on any atom is 0.284 e. The molecule has 3 heterocycles. The average molecular weight is 370 g/mol. The van der Waals surface area contributed by atoms with E-state index in [0.717, 1.165) is 42.4 Å². The number of nitrogen functional groups attached to an aromatic ring is 1. The first kappa shape index (κ1) is 17.3. The number of anilines is 3. The predicted octanol–water partition coefficient (Wildman–Crippen LogP) is 1.66. The molecule has 2 aromatic rings. The molecular formula is C18H22N6O3. The van der Waals surface area contributed by atoms with Gasteiger partial charge in [0.15, 0.2) is 5.82 Å². The number of pyridine rings is 1. The third kappa shape index (κ3) is 2.61. The van der Waals surface area contributed by atoms with Crippen LogP contribution in [0.4, 0.5) is 17.5 Å². The smallest absolute Gasteiger partial charge is 0.284 e. The second-order valence-corrected chi connectivity index (χ2v) is 7.09. The highest BCUT2D eigenvalue weighted by Crippen LogP contribution is 2.42. The standard InChI is InChI=1S/C18H22N6O3/c1-10-8-11(22-16-13(27-2)15(19)20-9-21-16)24(26)14-12(10)17(25)23-18(14)6-4-3-5-7-18/h8-9H,3-7H2,1-2H3,(H,23,25)(H3,19,20,21,22).